The van der Waals surface area contributed by atoms with Crippen LogP contribution in [0.5, 0.6) is 11.5 Å². The van der Waals surface area contributed by atoms with E-state index in [0.717, 1.165) is 19.5 Å². The molecule has 5 nitrogen and oxygen atoms in total. The molecule has 2 N–H and O–H groups in total. The molecule has 1 unspecified atom stereocenters. The number of nitrogens with one attached hydrogen (secondary N) is 2. The van der Waals surface area contributed by atoms with Crippen molar-refractivity contribution in [3.05, 3.63) is 23.8 Å². The highest BCUT2D eigenvalue weighted by Gasteiger charge is 2.33. The summed E-state index contributed by atoms with van der Waals surface area (Å²) in [4.78, 5) is 12.5. The highest BCUT2D eigenvalue weighted by molar-refractivity contribution is 5.97. The van der Waals surface area contributed by atoms with Gasteiger partial charge in [-0.1, -0.05) is 13.8 Å². The van der Waals surface area contributed by atoms with Crippen molar-refractivity contribution in [2.45, 2.75) is 26.3 Å². The van der Waals surface area contributed by atoms with Gasteiger partial charge in [-0.3, -0.25) is 4.79 Å². The monoisotopic (exact) mass is 292 g/mol. The maximum atomic E-state index is 12.5. The molecule has 1 aliphatic rings. The fourth-order valence-electron chi connectivity index (χ4n) is 2.66. The Labute approximate surface area is 126 Å². The van der Waals surface area contributed by atoms with Crippen LogP contribution >= 0.6 is 0 Å². The second-order valence-electron chi connectivity index (χ2n) is 6.05. The third kappa shape index (κ3) is 3.47. The van der Waals surface area contributed by atoms with Gasteiger partial charge in [0.2, 0.25) is 0 Å². The lowest BCUT2D eigenvalue weighted by atomic mass is 9.80. The Bertz CT molecular complexity index is 514. The first-order valence-electron chi connectivity index (χ1n) is 7.21. The van der Waals surface area contributed by atoms with Crippen LogP contribution in [-0.2, 0) is 0 Å². The molecule has 0 saturated carbocycles. The zero-order valence-corrected chi connectivity index (χ0v) is 13.2. The average Bonchev–Trinajstić information content (AvgIpc) is 2.48. The van der Waals surface area contributed by atoms with Crippen molar-refractivity contribution in [3.8, 4) is 11.5 Å². The van der Waals surface area contributed by atoms with Gasteiger partial charge in [0, 0.05) is 18.7 Å². The number of ether oxygens (including phenoxy) is 2. The van der Waals surface area contributed by atoms with Gasteiger partial charge in [-0.15, -0.1) is 0 Å². The average molecular weight is 292 g/mol. The van der Waals surface area contributed by atoms with Gasteiger partial charge in [0.05, 0.1) is 19.8 Å². The SMILES string of the molecule is COc1ccc(C(=O)NC2CCNCC2(C)C)c(OC)c1. The lowest BCUT2D eigenvalue weighted by Gasteiger charge is -2.39. The first-order valence-corrected chi connectivity index (χ1v) is 7.21. The lowest BCUT2D eigenvalue weighted by Crippen LogP contribution is -2.54. The van der Waals surface area contributed by atoms with Gasteiger partial charge in [-0.05, 0) is 30.5 Å². The number of amides is 1. The Hall–Kier alpha value is -1.75. The third-order valence-electron chi connectivity index (χ3n) is 4.09. The lowest BCUT2D eigenvalue weighted by molar-refractivity contribution is 0.0865. The topological polar surface area (TPSA) is 59.6 Å². The van der Waals surface area contributed by atoms with Gasteiger partial charge in [0.1, 0.15) is 11.5 Å². The molecule has 1 amide bonds. The van der Waals surface area contributed by atoms with Crippen molar-refractivity contribution in [2.75, 3.05) is 27.3 Å². The van der Waals surface area contributed by atoms with Crippen molar-refractivity contribution < 1.29 is 14.3 Å². The van der Waals surface area contributed by atoms with Crippen LogP contribution in [0.15, 0.2) is 18.2 Å². The molecule has 5 heteroatoms. The predicted molar refractivity (Wildman–Crippen MR) is 82.1 cm³/mol. The van der Waals surface area contributed by atoms with E-state index in [0.29, 0.717) is 17.1 Å². The van der Waals surface area contributed by atoms with E-state index in [1.54, 1.807) is 32.4 Å². The summed E-state index contributed by atoms with van der Waals surface area (Å²) in [5.41, 5.74) is 0.570. The summed E-state index contributed by atoms with van der Waals surface area (Å²) in [5, 5.41) is 6.50. The Morgan fingerprint density at radius 1 is 1.33 bits per heavy atom. The molecule has 1 heterocycles. The van der Waals surface area contributed by atoms with Crippen LogP contribution in [-0.4, -0.2) is 39.3 Å². The summed E-state index contributed by atoms with van der Waals surface area (Å²) >= 11 is 0. The molecule has 21 heavy (non-hydrogen) atoms. The first kappa shape index (κ1) is 15.6. The summed E-state index contributed by atoms with van der Waals surface area (Å²) in [6, 6.07) is 5.38. The van der Waals surface area contributed by atoms with Crippen LogP contribution in [0.1, 0.15) is 30.6 Å². The number of carbonyl (C=O) groups excluding carboxylic acids is 1. The molecule has 2 rings (SSSR count). The van der Waals surface area contributed by atoms with Crippen LogP contribution in [0.3, 0.4) is 0 Å². The molecule has 1 aliphatic heterocycles. The molecule has 0 aliphatic carbocycles. The van der Waals surface area contributed by atoms with Gasteiger partial charge in [0.25, 0.3) is 5.91 Å². The van der Waals surface area contributed by atoms with Crippen molar-refractivity contribution in [3.63, 3.8) is 0 Å². The van der Waals surface area contributed by atoms with E-state index < -0.39 is 0 Å². The molecule has 0 aromatic heterocycles. The maximum absolute atomic E-state index is 12.5. The highest BCUT2D eigenvalue weighted by atomic mass is 16.5. The van der Waals surface area contributed by atoms with E-state index in [1.165, 1.54) is 0 Å². The van der Waals surface area contributed by atoms with E-state index in [-0.39, 0.29) is 17.4 Å². The number of methoxy groups -OCH3 is 2. The van der Waals surface area contributed by atoms with Gasteiger partial charge in [-0.25, -0.2) is 0 Å². The van der Waals surface area contributed by atoms with Crippen molar-refractivity contribution in [1.29, 1.82) is 0 Å². The van der Waals surface area contributed by atoms with Gasteiger partial charge in [-0.2, -0.15) is 0 Å². The zero-order chi connectivity index (χ0) is 15.5. The molecule has 1 saturated heterocycles. The van der Waals surface area contributed by atoms with E-state index >= 15 is 0 Å². The van der Waals surface area contributed by atoms with Crippen LogP contribution in [0, 0.1) is 5.41 Å². The molecule has 1 aromatic rings. The summed E-state index contributed by atoms with van der Waals surface area (Å²) in [7, 11) is 3.14. The van der Waals surface area contributed by atoms with Crippen molar-refractivity contribution in [1.82, 2.24) is 10.6 Å². The highest BCUT2D eigenvalue weighted by Crippen LogP contribution is 2.28. The van der Waals surface area contributed by atoms with Crippen LogP contribution in [0.25, 0.3) is 0 Å². The molecule has 1 aromatic carbocycles. The first-order chi connectivity index (χ1) is 9.97. The van der Waals surface area contributed by atoms with Gasteiger partial charge >= 0.3 is 0 Å². The number of hydrogen-bond acceptors (Lipinski definition) is 4. The largest absolute Gasteiger partial charge is 0.497 e. The number of benzene rings is 1. The standard InChI is InChI=1S/C16H24N2O3/c1-16(2)10-17-8-7-14(16)18-15(19)12-6-5-11(20-3)9-13(12)21-4/h5-6,9,14,17H,7-8,10H2,1-4H3,(H,18,19). The van der Waals surface area contributed by atoms with Crippen LogP contribution in [0.4, 0.5) is 0 Å². The number of carbonyl (C=O) groups is 1. The molecule has 0 spiro atoms. The molecular formula is C16H24N2O3. The molecule has 116 valence electrons. The summed E-state index contributed by atoms with van der Waals surface area (Å²) < 4.78 is 10.5. The Kier molecular flexibility index (Phi) is 4.73. The summed E-state index contributed by atoms with van der Waals surface area (Å²) in [6.45, 7) is 6.15. The van der Waals surface area contributed by atoms with Crippen molar-refractivity contribution >= 4 is 5.91 Å². The second-order valence-corrected chi connectivity index (χ2v) is 6.05. The Morgan fingerprint density at radius 2 is 2.10 bits per heavy atom. The molecule has 1 atom stereocenters. The Balaban J connectivity index is 2.16. The second kappa shape index (κ2) is 6.35. The summed E-state index contributed by atoms with van der Waals surface area (Å²) in [5.74, 6) is 1.10. The normalized spacial score (nSPS) is 20.7. The van der Waals surface area contributed by atoms with Crippen molar-refractivity contribution in [2.24, 2.45) is 5.41 Å². The third-order valence-corrected chi connectivity index (χ3v) is 4.09. The molecule has 0 radical (unpaired) electrons. The minimum Gasteiger partial charge on any atom is -0.497 e. The van der Waals surface area contributed by atoms with Crippen LogP contribution in [0.2, 0.25) is 0 Å². The summed E-state index contributed by atoms with van der Waals surface area (Å²) in [6.07, 6.45) is 0.928. The minimum absolute atomic E-state index is 0.0353. The van der Waals surface area contributed by atoms with E-state index in [1.807, 2.05) is 0 Å². The fraction of sp³-hybridized carbons (Fsp3) is 0.562. The van der Waals surface area contributed by atoms with Crippen LogP contribution < -0.4 is 20.1 Å². The van der Waals surface area contributed by atoms with E-state index in [4.69, 9.17) is 9.47 Å². The Morgan fingerprint density at radius 3 is 2.71 bits per heavy atom. The van der Waals surface area contributed by atoms with Gasteiger partial charge < -0.3 is 20.1 Å². The number of hydrogen-bond donors (Lipinski definition) is 2. The number of piperidine rings is 1. The zero-order valence-electron chi connectivity index (χ0n) is 13.2. The number of rotatable bonds is 4. The quantitative estimate of drug-likeness (QED) is 0.889. The molecule has 0 bridgehead atoms. The smallest absolute Gasteiger partial charge is 0.255 e. The molecule has 1 fully saturated rings. The molecular weight excluding hydrogens is 268 g/mol. The maximum Gasteiger partial charge on any atom is 0.255 e. The van der Waals surface area contributed by atoms with E-state index in [2.05, 4.69) is 24.5 Å². The predicted octanol–water partition coefficient (Wildman–Crippen LogP) is 1.82. The van der Waals surface area contributed by atoms with E-state index in [9.17, 15) is 4.79 Å². The minimum atomic E-state index is -0.102. The van der Waals surface area contributed by atoms with Gasteiger partial charge in [0.15, 0.2) is 0 Å². The fourth-order valence-corrected chi connectivity index (χ4v) is 2.66.